The molecule has 88 valence electrons. The molecule has 16 heavy (non-hydrogen) atoms. The predicted octanol–water partition coefficient (Wildman–Crippen LogP) is 0.822. The van der Waals surface area contributed by atoms with E-state index in [9.17, 15) is 9.90 Å². The number of amides is 1. The Morgan fingerprint density at radius 3 is 2.69 bits per heavy atom. The van der Waals surface area contributed by atoms with E-state index in [2.05, 4.69) is 5.32 Å². The zero-order valence-corrected chi connectivity index (χ0v) is 9.31. The summed E-state index contributed by atoms with van der Waals surface area (Å²) < 4.78 is 0. The number of hydrogen-bond donors (Lipinski definition) is 3. The lowest BCUT2D eigenvalue weighted by Gasteiger charge is -2.14. The highest BCUT2D eigenvalue weighted by Gasteiger charge is 2.11. The lowest BCUT2D eigenvalue weighted by molar-refractivity contribution is -0.121. The van der Waals surface area contributed by atoms with Crippen LogP contribution in [0.5, 0.6) is 5.75 Å². The van der Waals surface area contributed by atoms with Gasteiger partial charge in [0.25, 0.3) is 0 Å². The monoisotopic (exact) mass is 223 g/mol. The summed E-state index contributed by atoms with van der Waals surface area (Å²) in [4.78, 5) is 11.6. The molecule has 0 aromatic heterocycles. The zero-order chi connectivity index (χ0) is 12.0. The Bertz CT molecular complexity index is 348. The molecule has 0 radical (unpaired) electrons. The second-order valence-corrected chi connectivity index (χ2v) is 3.66. The highest BCUT2D eigenvalue weighted by Crippen LogP contribution is 2.15. The third-order valence-corrected chi connectivity index (χ3v) is 2.42. The number of carbonyl (C=O) groups is 1. The van der Waals surface area contributed by atoms with Crippen molar-refractivity contribution >= 4 is 5.91 Å². The molecule has 4 heteroatoms. The SMILES string of the molecule is CCC(CO)NC(=O)Cc1ccccc1O. The van der Waals surface area contributed by atoms with E-state index < -0.39 is 0 Å². The molecule has 1 unspecified atom stereocenters. The van der Waals surface area contributed by atoms with Crippen LogP contribution in [0.4, 0.5) is 0 Å². The van der Waals surface area contributed by atoms with Gasteiger partial charge in [-0.05, 0) is 12.5 Å². The number of phenolic OH excluding ortho intramolecular Hbond substituents is 1. The van der Waals surface area contributed by atoms with E-state index in [1.165, 1.54) is 0 Å². The largest absolute Gasteiger partial charge is 0.508 e. The number of rotatable bonds is 5. The van der Waals surface area contributed by atoms with Crippen molar-refractivity contribution in [3.8, 4) is 5.75 Å². The molecule has 0 saturated carbocycles. The third-order valence-electron chi connectivity index (χ3n) is 2.42. The van der Waals surface area contributed by atoms with Gasteiger partial charge >= 0.3 is 0 Å². The second-order valence-electron chi connectivity index (χ2n) is 3.66. The topological polar surface area (TPSA) is 69.6 Å². The number of carbonyl (C=O) groups excluding carboxylic acids is 1. The summed E-state index contributed by atoms with van der Waals surface area (Å²) in [5, 5.41) is 21.1. The van der Waals surface area contributed by atoms with Crippen molar-refractivity contribution in [3.63, 3.8) is 0 Å². The highest BCUT2D eigenvalue weighted by molar-refractivity contribution is 5.79. The molecule has 0 spiro atoms. The van der Waals surface area contributed by atoms with E-state index >= 15 is 0 Å². The Morgan fingerprint density at radius 2 is 2.12 bits per heavy atom. The summed E-state index contributed by atoms with van der Waals surface area (Å²) in [5.41, 5.74) is 0.591. The van der Waals surface area contributed by atoms with Gasteiger partial charge in [0.2, 0.25) is 5.91 Å². The summed E-state index contributed by atoms with van der Waals surface area (Å²) in [7, 11) is 0. The van der Waals surface area contributed by atoms with E-state index in [1.807, 2.05) is 6.92 Å². The van der Waals surface area contributed by atoms with Gasteiger partial charge in [0, 0.05) is 5.56 Å². The average Bonchev–Trinajstić information content (AvgIpc) is 2.29. The molecular formula is C12H17NO3. The molecule has 1 rings (SSSR count). The van der Waals surface area contributed by atoms with Crippen molar-refractivity contribution in [1.82, 2.24) is 5.32 Å². The fourth-order valence-electron chi connectivity index (χ4n) is 1.39. The standard InChI is InChI=1S/C12H17NO3/c1-2-10(8-14)13-12(16)7-9-5-3-4-6-11(9)15/h3-6,10,14-15H,2,7-8H2,1H3,(H,13,16). The normalized spacial score (nSPS) is 12.1. The van der Waals surface area contributed by atoms with Crippen LogP contribution in [-0.2, 0) is 11.2 Å². The van der Waals surface area contributed by atoms with Crippen molar-refractivity contribution in [3.05, 3.63) is 29.8 Å². The highest BCUT2D eigenvalue weighted by atomic mass is 16.3. The van der Waals surface area contributed by atoms with Crippen LogP contribution < -0.4 is 5.32 Å². The molecule has 4 nitrogen and oxygen atoms in total. The number of hydrogen-bond acceptors (Lipinski definition) is 3. The van der Waals surface area contributed by atoms with Gasteiger partial charge in [-0.1, -0.05) is 25.1 Å². The minimum absolute atomic E-state index is 0.0665. The molecule has 0 saturated heterocycles. The number of aliphatic hydroxyl groups excluding tert-OH is 1. The van der Waals surface area contributed by atoms with Crippen molar-refractivity contribution in [2.45, 2.75) is 25.8 Å². The number of benzene rings is 1. The molecule has 0 bridgehead atoms. The molecule has 3 N–H and O–H groups in total. The molecule has 1 atom stereocenters. The van der Waals surface area contributed by atoms with Crippen LogP contribution in [0.15, 0.2) is 24.3 Å². The minimum Gasteiger partial charge on any atom is -0.508 e. The van der Waals surface area contributed by atoms with Gasteiger partial charge in [-0.2, -0.15) is 0 Å². The molecular weight excluding hydrogens is 206 g/mol. The molecule has 0 fully saturated rings. The first-order valence-corrected chi connectivity index (χ1v) is 5.34. The summed E-state index contributed by atoms with van der Waals surface area (Å²) in [6.07, 6.45) is 0.812. The van der Waals surface area contributed by atoms with Gasteiger partial charge in [0.05, 0.1) is 19.1 Å². The summed E-state index contributed by atoms with van der Waals surface area (Å²) >= 11 is 0. The van der Waals surface area contributed by atoms with E-state index in [4.69, 9.17) is 5.11 Å². The number of para-hydroxylation sites is 1. The van der Waals surface area contributed by atoms with Gasteiger partial charge in [0.15, 0.2) is 0 Å². The second kappa shape index (κ2) is 6.12. The molecule has 0 aliphatic carbocycles. The van der Waals surface area contributed by atoms with Gasteiger partial charge in [0.1, 0.15) is 5.75 Å². The van der Waals surface area contributed by atoms with Crippen LogP contribution in [0, 0.1) is 0 Å². The molecule has 0 aliphatic rings. The van der Waals surface area contributed by atoms with Crippen molar-refractivity contribution in [2.24, 2.45) is 0 Å². The number of phenols is 1. The van der Waals surface area contributed by atoms with E-state index in [0.717, 1.165) is 0 Å². The van der Waals surface area contributed by atoms with Crippen molar-refractivity contribution < 1.29 is 15.0 Å². The Hall–Kier alpha value is -1.55. The van der Waals surface area contributed by atoms with Crippen molar-refractivity contribution in [1.29, 1.82) is 0 Å². The Morgan fingerprint density at radius 1 is 1.44 bits per heavy atom. The lowest BCUT2D eigenvalue weighted by atomic mass is 10.1. The third kappa shape index (κ3) is 3.55. The summed E-state index contributed by atoms with van der Waals surface area (Å²) in [6, 6.07) is 6.52. The molecule has 1 amide bonds. The van der Waals surface area contributed by atoms with Gasteiger partial charge in [-0.25, -0.2) is 0 Å². The Balaban J connectivity index is 2.55. The smallest absolute Gasteiger partial charge is 0.224 e. The molecule has 1 aromatic carbocycles. The van der Waals surface area contributed by atoms with Crippen LogP contribution in [-0.4, -0.2) is 28.8 Å². The van der Waals surface area contributed by atoms with E-state index in [0.29, 0.717) is 12.0 Å². The first kappa shape index (κ1) is 12.5. The fourth-order valence-corrected chi connectivity index (χ4v) is 1.39. The fraction of sp³-hybridized carbons (Fsp3) is 0.417. The van der Waals surface area contributed by atoms with Crippen LogP contribution in [0.2, 0.25) is 0 Å². The number of nitrogens with one attached hydrogen (secondary N) is 1. The number of aromatic hydroxyl groups is 1. The van der Waals surface area contributed by atoms with Crippen molar-refractivity contribution in [2.75, 3.05) is 6.61 Å². The lowest BCUT2D eigenvalue weighted by Crippen LogP contribution is -2.37. The average molecular weight is 223 g/mol. The van der Waals surface area contributed by atoms with Crippen LogP contribution >= 0.6 is 0 Å². The maximum Gasteiger partial charge on any atom is 0.224 e. The van der Waals surface area contributed by atoms with E-state index in [-0.39, 0.29) is 30.7 Å². The van der Waals surface area contributed by atoms with Gasteiger partial charge in [-0.3, -0.25) is 4.79 Å². The van der Waals surface area contributed by atoms with Gasteiger partial charge in [-0.15, -0.1) is 0 Å². The van der Waals surface area contributed by atoms with Crippen LogP contribution in [0.1, 0.15) is 18.9 Å². The summed E-state index contributed by atoms with van der Waals surface area (Å²) in [5.74, 6) is -0.0721. The zero-order valence-electron chi connectivity index (χ0n) is 9.31. The predicted molar refractivity (Wildman–Crippen MR) is 61.1 cm³/mol. The molecule has 0 aliphatic heterocycles. The Labute approximate surface area is 94.9 Å². The molecule has 0 heterocycles. The summed E-state index contributed by atoms with van der Waals surface area (Å²) in [6.45, 7) is 1.82. The quantitative estimate of drug-likeness (QED) is 0.692. The maximum atomic E-state index is 11.6. The van der Waals surface area contributed by atoms with Crippen LogP contribution in [0.3, 0.4) is 0 Å². The van der Waals surface area contributed by atoms with Gasteiger partial charge < -0.3 is 15.5 Å². The van der Waals surface area contributed by atoms with Crippen LogP contribution in [0.25, 0.3) is 0 Å². The first-order valence-electron chi connectivity index (χ1n) is 5.34. The minimum atomic E-state index is -0.210. The first-order chi connectivity index (χ1) is 7.67. The number of aliphatic hydroxyl groups is 1. The Kier molecular flexibility index (Phi) is 4.79. The maximum absolute atomic E-state index is 11.6. The molecule has 1 aromatic rings. The van der Waals surface area contributed by atoms with E-state index in [1.54, 1.807) is 24.3 Å².